The summed E-state index contributed by atoms with van der Waals surface area (Å²) in [4.78, 5) is 30.5. The first-order valence-electron chi connectivity index (χ1n) is 12.2. The van der Waals surface area contributed by atoms with Crippen LogP contribution in [-0.4, -0.2) is 37.0 Å². The molecule has 1 atom stereocenters. The Morgan fingerprint density at radius 2 is 1.58 bits per heavy atom. The molecule has 186 valence electrons. The number of ether oxygens (including phenoxy) is 1. The van der Waals surface area contributed by atoms with Gasteiger partial charge < -0.3 is 14.7 Å². The number of aliphatic hydroxyl groups is 1. The van der Waals surface area contributed by atoms with E-state index < -0.39 is 17.7 Å². The van der Waals surface area contributed by atoms with Gasteiger partial charge in [0.15, 0.2) is 0 Å². The molecule has 1 fully saturated rings. The maximum Gasteiger partial charge on any atom is 0.300 e. The van der Waals surface area contributed by atoms with E-state index in [-0.39, 0.29) is 11.3 Å². The lowest BCUT2D eigenvalue weighted by atomic mass is 9.94. The number of ketones is 1. The van der Waals surface area contributed by atoms with Crippen molar-refractivity contribution in [2.45, 2.75) is 33.7 Å². The lowest BCUT2D eigenvalue weighted by molar-refractivity contribution is -0.132. The predicted octanol–water partition coefficient (Wildman–Crippen LogP) is 5.78. The summed E-state index contributed by atoms with van der Waals surface area (Å²) in [6.45, 7) is 9.77. The molecule has 6 heteroatoms. The molecule has 1 amide bonds. The number of rotatable bonds is 7. The van der Waals surface area contributed by atoms with E-state index in [2.05, 4.69) is 18.7 Å². The van der Waals surface area contributed by atoms with Gasteiger partial charge in [-0.2, -0.15) is 0 Å². The summed E-state index contributed by atoms with van der Waals surface area (Å²) in [7, 11) is 1.58. The van der Waals surface area contributed by atoms with Crippen molar-refractivity contribution in [3.63, 3.8) is 0 Å². The molecule has 0 aromatic heterocycles. The molecule has 1 unspecified atom stereocenters. The summed E-state index contributed by atoms with van der Waals surface area (Å²) in [5.41, 5.74) is 4.80. The zero-order chi connectivity index (χ0) is 26.0. The highest BCUT2D eigenvalue weighted by Gasteiger charge is 2.47. The van der Waals surface area contributed by atoms with E-state index in [0.717, 1.165) is 35.5 Å². The molecule has 1 aliphatic heterocycles. The van der Waals surface area contributed by atoms with Gasteiger partial charge in [0.2, 0.25) is 0 Å². The number of aryl methyl sites for hydroxylation is 2. The molecule has 0 bridgehead atoms. The van der Waals surface area contributed by atoms with Crippen LogP contribution in [0.1, 0.15) is 42.1 Å². The van der Waals surface area contributed by atoms with Gasteiger partial charge >= 0.3 is 0 Å². The quantitative estimate of drug-likeness (QED) is 0.261. The van der Waals surface area contributed by atoms with Gasteiger partial charge in [0, 0.05) is 30.0 Å². The highest BCUT2D eigenvalue weighted by atomic mass is 16.5. The van der Waals surface area contributed by atoms with Gasteiger partial charge in [-0.25, -0.2) is 0 Å². The van der Waals surface area contributed by atoms with Gasteiger partial charge in [-0.05, 0) is 81.3 Å². The SMILES string of the molecule is CCN(CC)c1ccc(C2/C(=C(/O)c3ccc(OC)c(C)c3)C(=O)C(=O)N2c2ccc(C)cc2)cc1. The lowest BCUT2D eigenvalue weighted by Gasteiger charge is -2.27. The van der Waals surface area contributed by atoms with Crippen molar-refractivity contribution in [2.24, 2.45) is 0 Å². The van der Waals surface area contributed by atoms with Crippen LogP contribution in [0.5, 0.6) is 5.75 Å². The smallest absolute Gasteiger partial charge is 0.300 e. The number of Topliss-reactive ketones (excluding diaryl/α,β-unsaturated/α-hetero) is 1. The fourth-order valence-corrected chi connectivity index (χ4v) is 4.76. The summed E-state index contributed by atoms with van der Waals surface area (Å²) in [6.07, 6.45) is 0. The van der Waals surface area contributed by atoms with E-state index in [9.17, 15) is 14.7 Å². The van der Waals surface area contributed by atoms with Crippen molar-refractivity contribution in [2.75, 3.05) is 30.0 Å². The second-order valence-electron chi connectivity index (χ2n) is 8.95. The normalized spacial score (nSPS) is 16.9. The van der Waals surface area contributed by atoms with Crippen LogP contribution in [0.25, 0.3) is 5.76 Å². The minimum absolute atomic E-state index is 0.0701. The molecule has 1 heterocycles. The number of amides is 1. The lowest BCUT2D eigenvalue weighted by Crippen LogP contribution is -2.29. The summed E-state index contributed by atoms with van der Waals surface area (Å²) in [5.74, 6) is -0.899. The highest BCUT2D eigenvalue weighted by Crippen LogP contribution is 2.42. The third kappa shape index (κ3) is 4.47. The number of methoxy groups -OCH3 is 1. The second-order valence-corrected chi connectivity index (χ2v) is 8.95. The standard InChI is InChI=1S/C30H32N2O4/c1-6-31(7-2)23-15-10-21(11-16-23)27-26(28(33)22-12-17-25(36-5)20(4)18-22)29(34)30(35)32(27)24-13-8-19(3)9-14-24/h8-18,27,33H,6-7H2,1-5H3/b28-26-. The molecule has 6 nitrogen and oxygen atoms in total. The Kier molecular flexibility index (Phi) is 7.15. The van der Waals surface area contributed by atoms with E-state index in [1.54, 1.807) is 25.3 Å². The maximum absolute atomic E-state index is 13.4. The molecule has 1 saturated heterocycles. The Labute approximate surface area is 212 Å². The van der Waals surface area contributed by atoms with Crippen LogP contribution < -0.4 is 14.5 Å². The number of benzene rings is 3. The average molecular weight is 485 g/mol. The number of carbonyl (C=O) groups excluding carboxylic acids is 2. The molecular weight excluding hydrogens is 452 g/mol. The third-order valence-corrected chi connectivity index (χ3v) is 6.76. The molecule has 3 aromatic carbocycles. The number of aliphatic hydroxyl groups excluding tert-OH is 1. The molecule has 36 heavy (non-hydrogen) atoms. The summed E-state index contributed by atoms with van der Waals surface area (Å²) in [6, 6.07) is 19.7. The Bertz CT molecular complexity index is 1310. The topological polar surface area (TPSA) is 70.1 Å². The molecule has 3 aromatic rings. The van der Waals surface area contributed by atoms with Crippen molar-refractivity contribution >= 4 is 28.8 Å². The Morgan fingerprint density at radius 3 is 2.14 bits per heavy atom. The van der Waals surface area contributed by atoms with E-state index in [1.807, 2.05) is 62.4 Å². The Morgan fingerprint density at radius 1 is 0.944 bits per heavy atom. The second kappa shape index (κ2) is 10.3. The molecule has 4 rings (SSSR count). The molecule has 1 N–H and O–H groups in total. The molecule has 0 saturated carbocycles. The molecule has 0 aliphatic carbocycles. The highest BCUT2D eigenvalue weighted by molar-refractivity contribution is 6.51. The van der Waals surface area contributed by atoms with Crippen LogP contribution in [0.4, 0.5) is 11.4 Å². The fourth-order valence-electron chi connectivity index (χ4n) is 4.76. The van der Waals surface area contributed by atoms with Gasteiger partial charge in [-0.1, -0.05) is 29.8 Å². The monoisotopic (exact) mass is 484 g/mol. The molecule has 0 radical (unpaired) electrons. The zero-order valence-electron chi connectivity index (χ0n) is 21.4. The van der Waals surface area contributed by atoms with Crippen molar-refractivity contribution in [3.05, 3.63) is 94.6 Å². The van der Waals surface area contributed by atoms with Crippen molar-refractivity contribution < 1.29 is 19.4 Å². The van der Waals surface area contributed by atoms with Gasteiger partial charge in [-0.15, -0.1) is 0 Å². The van der Waals surface area contributed by atoms with Crippen LogP contribution in [0.15, 0.2) is 72.3 Å². The zero-order valence-corrected chi connectivity index (χ0v) is 21.4. The van der Waals surface area contributed by atoms with Crippen molar-refractivity contribution in [1.29, 1.82) is 0 Å². The van der Waals surface area contributed by atoms with Crippen LogP contribution in [0, 0.1) is 13.8 Å². The minimum atomic E-state index is -0.763. The van der Waals surface area contributed by atoms with Crippen molar-refractivity contribution in [3.8, 4) is 5.75 Å². The first kappa shape index (κ1) is 25.0. The predicted molar refractivity (Wildman–Crippen MR) is 144 cm³/mol. The van der Waals surface area contributed by atoms with E-state index >= 15 is 0 Å². The van der Waals surface area contributed by atoms with Gasteiger partial charge in [0.1, 0.15) is 11.5 Å². The minimum Gasteiger partial charge on any atom is -0.507 e. The molecule has 1 aliphatic rings. The average Bonchev–Trinajstić information content (AvgIpc) is 3.15. The maximum atomic E-state index is 13.4. The van der Waals surface area contributed by atoms with Crippen molar-refractivity contribution in [1.82, 2.24) is 0 Å². The summed E-state index contributed by atoms with van der Waals surface area (Å²) in [5, 5.41) is 11.4. The van der Waals surface area contributed by atoms with E-state index in [0.29, 0.717) is 17.0 Å². The number of nitrogens with zero attached hydrogens (tertiary/aromatic N) is 2. The van der Waals surface area contributed by atoms with E-state index in [4.69, 9.17) is 4.74 Å². The van der Waals surface area contributed by atoms with Gasteiger partial charge in [0.25, 0.3) is 11.7 Å². The van der Waals surface area contributed by atoms with Gasteiger partial charge in [-0.3, -0.25) is 14.5 Å². The van der Waals surface area contributed by atoms with E-state index in [1.165, 1.54) is 4.90 Å². The largest absolute Gasteiger partial charge is 0.507 e. The summed E-state index contributed by atoms with van der Waals surface area (Å²) >= 11 is 0. The number of anilines is 2. The first-order chi connectivity index (χ1) is 17.3. The number of hydrogen-bond donors (Lipinski definition) is 1. The molecular formula is C30H32N2O4. The Balaban J connectivity index is 1.89. The van der Waals surface area contributed by atoms with Crippen LogP contribution in [0.3, 0.4) is 0 Å². The third-order valence-electron chi connectivity index (χ3n) is 6.76. The number of carbonyl (C=O) groups is 2. The molecule has 0 spiro atoms. The first-order valence-corrected chi connectivity index (χ1v) is 12.2. The van der Waals surface area contributed by atoms with Crippen LogP contribution in [-0.2, 0) is 9.59 Å². The summed E-state index contributed by atoms with van der Waals surface area (Å²) < 4.78 is 5.34. The van der Waals surface area contributed by atoms with Crippen LogP contribution in [0.2, 0.25) is 0 Å². The fraction of sp³-hybridized carbons (Fsp3) is 0.267. The Hall–Kier alpha value is -4.06. The van der Waals surface area contributed by atoms with Crippen LogP contribution >= 0.6 is 0 Å². The number of hydrogen-bond acceptors (Lipinski definition) is 5. The van der Waals surface area contributed by atoms with Gasteiger partial charge in [0.05, 0.1) is 18.7 Å².